The number of rotatable bonds is 2. The molecule has 0 saturated heterocycles. The van der Waals surface area contributed by atoms with Crippen molar-refractivity contribution in [3.8, 4) is 11.5 Å². The Hall–Kier alpha value is -2.20. The smallest absolute Gasteiger partial charge is 0.159 e. The Bertz CT molecular complexity index is 743. The molecule has 0 amide bonds. The molecule has 0 radical (unpaired) electrons. The van der Waals surface area contributed by atoms with Gasteiger partial charge in [-0.05, 0) is 36.8 Å². The second-order valence-corrected chi connectivity index (χ2v) is 4.69. The Morgan fingerprint density at radius 3 is 2.74 bits per heavy atom. The summed E-state index contributed by atoms with van der Waals surface area (Å²) >= 11 is 0. The van der Waals surface area contributed by atoms with Crippen molar-refractivity contribution in [1.82, 2.24) is 14.5 Å². The summed E-state index contributed by atoms with van der Waals surface area (Å²) in [5.74, 6) is 0.882. The van der Waals surface area contributed by atoms with Gasteiger partial charge in [0.25, 0.3) is 0 Å². The molecule has 0 aliphatic rings. The summed E-state index contributed by atoms with van der Waals surface area (Å²) in [5, 5.41) is 0. The number of pyridine rings is 1. The number of aromatic nitrogens is 3. The quantitative estimate of drug-likeness (QED) is 0.762. The Morgan fingerprint density at radius 2 is 2.00 bits per heavy atom. The van der Waals surface area contributed by atoms with E-state index >= 15 is 0 Å². The molecule has 0 saturated carbocycles. The number of nitrogens with zero attached hydrogens (tertiary/aromatic N) is 3. The van der Waals surface area contributed by atoms with E-state index in [9.17, 15) is 0 Å². The first-order valence-electron chi connectivity index (χ1n) is 6.28. The number of fused-ring (bicyclic) bond motifs is 1. The summed E-state index contributed by atoms with van der Waals surface area (Å²) < 4.78 is 2.07. The molecule has 2 aromatic heterocycles. The van der Waals surface area contributed by atoms with E-state index < -0.39 is 0 Å². The third-order valence-corrected chi connectivity index (χ3v) is 3.30. The normalized spacial score (nSPS) is 11.1. The number of hydrogen-bond donors (Lipinski definition) is 1. The molecular formula is C15H16N4. The van der Waals surface area contributed by atoms with Crippen LogP contribution in [0, 0.1) is 6.92 Å². The van der Waals surface area contributed by atoms with Crippen LogP contribution in [0.3, 0.4) is 0 Å². The highest BCUT2D eigenvalue weighted by atomic mass is 15.1. The minimum atomic E-state index is 0.532. The number of hydrogen-bond acceptors (Lipinski definition) is 3. The van der Waals surface area contributed by atoms with Gasteiger partial charge in [-0.1, -0.05) is 12.1 Å². The van der Waals surface area contributed by atoms with Gasteiger partial charge in [0.15, 0.2) is 5.82 Å². The van der Waals surface area contributed by atoms with Gasteiger partial charge < -0.3 is 10.3 Å². The molecule has 2 heterocycles. The largest absolute Gasteiger partial charge is 0.326 e. The van der Waals surface area contributed by atoms with Gasteiger partial charge in [-0.25, -0.2) is 9.97 Å². The van der Waals surface area contributed by atoms with Crippen LogP contribution >= 0.6 is 0 Å². The molecule has 2 N–H and O–H groups in total. The Labute approximate surface area is 111 Å². The molecule has 3 rings (SSSR count). The van der Waals surface area contributed by atoms with Crippen LogP contribution in [0.4, 0.5) is 0 Å². The van der Waals surface area contributed by atoms with E-state index in [0.29, 0.717) is 6.54 Å². The van der Waals surface area contributed by atoms with Crippen molar-refractivity contribution >= 4 is 11.0 Å². The number of nitrogens with two attached hydrogens (primary N) is 1. The lowest BCUT2D eigenvalue weighted by Crippen LogP contribution is -1.96. The molecule has 1 aromatic carbocycles. The Kier molecular flexibility index (Phi) is 2.80. The van der Waals surface area contributed by atoms with Crippen LogP contribution in [-0.4, -0.2) is 14.5 Å². The highest BCUT2D eigenvalue weighted by Gasteiger charge is 2.11. The first-order valence-corrected chi connectivity index (χ1v) is 6.28. The van der Waals surface area contributed by atoms with E-state index in [1.807, 2.05) is 44.3 Å². The average molecular weight is 252 g/mol. The molecule has 0 spiro atoms. The molecule has 96 valence electrons. The molecule has 4 heteroatoms. The van der Waals surface area contributed by atoms with Crippen molar-refractivity contribution in [3.05, 3.63) is 47.7 Å². The molecule has 0 atom stereocenters. The van der Waals surface area contributed by atoms with Crippen molar-refractivity contribution in [2.75, 3.05) is 0 Å². The number of benzene rings is 1. The fourth-order valence-corrected chi connectivity index (χ4v) is 2.27. The summed E-state index contributed by atoms with van der Waals surface area (Å²) in [4.78, 5) is 9.21. The number of imidazole rings is 1. The molecule has 0 bridgehead atoms. The minimum absolute atomic E-state index is 0.532. The maximum atomic E-state index is 5.67. The van der Waals surface area contributed by atoms with Crippen LogP contribution < -0.4 is 5.73 Å². The van der Waals surface area contributed by atoms with E-state index in [2.05, 4.69) is 20.6 Å². The lowest BCUT2D eigenvalue weighted by Gasteiger charge is -2.02. The third kappa shape index (κ3) is 2.00. The van der Waals surface area contributed by atoms with Gasteiger partial charge in [-0.15, -0.1) is 0 Å². The fourth-order valence-electron chi connectivity index (χ4n) is 2.27. The maximum Gasteiger partial charge on any atom is 0.159 e. The molecule has 0 unspecified atom stereocenters. The SMILES string of the molecule is Cc1cccc(-c2nc3cc(CN)ccc3n2C)n1. The second kappa shape index (κ2) is 4.48. The van der Waals surface area contributed by atoms with Gasteiger partial charge in [-0.2, -0.15) is 0 Å². The molecule has 4 nitrogen and oxygen atoms in total. The Balaban J connectivity index is 2.22. The van der Waals surface area contributed by atoms with Crippen LogP contribution in [-0.2, 0) is 13.6 Å². The maximum absolute atomic E-state index is 5.67. The Morgan fingerprint density at radius 1 is 1.16 bits per heavy atom. The van der Waals surface area contributed by atoms with Gasteiger partial charge in [0.05, 0.1) is 11.0 Å². The van der Waals surface area contributed by atoms with Crippen molar-refractivity contribution in [3.63, 3.8) is 0 Å². The summed E-state index contributed by atoms with van der Waals surface area (Å²) in [6.45, 7) is 2.52. The third-order valence-electron chi connectivity index (χ3n) is 3.30. The lowest BCUT2D eigenvalue weighted by atomic mass is 10.2. The van der Waals surface area contributed by atoms with Crippen LogP contribution in [0.1, 0.15) is 11.3 Å². The number of aryl methyl sites for hydroxylation is 2. The lowest BCUT2D eigenvalue weighted by molar-refractivity contribution is 0.947. The summed E-state index contributed by atoms with van der Waals surface area (Å²) in [5.41, 5.74) is 10.7. The van der Waals surface area contributed by atoms with E-state index in [-0.39, 0.29) is 0 Å². The van der Waals surface area contributed by atoms with Gasteiger partial charge in [0, 0.05) is 19.3 Å². The van der Waals surface area contributed by atoms with Crippen molar-refractivity contribution in [2.45, 2.75) is 13.5 Å². The van der Waals surface area contributed by atoms with E-state index in [1.165, 1.54) is 0 Å². The van der Waals surface area contributed by atoms with Crippen molar-refractivity contribution in [1.29, 1.82) is 0 Å². The average Bonchev–Trinajstić information content (AvgIpc) is 2.75. The molecule has 3 aromatic rings. The van der Waals surface area contributed by atoms with Crippen LogP contribution in [0.15, 0.2) is 36.4 Å². The summed E-state index contributed by atoms with van der Waals surface area (Å²) in [6.07, 6.45) is 0. The zero-order valence-electron chi connectivity index (χ0n) is 11.1. The predicted molar refractivity (Wildman–Crippen MR) is 76.6 cm³/mol. The van der Waals surface area contributed by atoms with E-state index in [1.54, 1.807) is 0 Å². The van der Waals surface area contributed by atoms with E-state index in [4.69, 9.17) is 5.73 Å². The minimum Gasteiger partial charge on any atom is -0.326 e. The topological polar surface area (TPSA) is 56.7 Å². The standard InChI is InChI=1S/C15H16N4/c1-10-4-3-5-12(17-10)15-18-13-8-11(9-16)6-7-14(13)19(15)2/h3-8H,9,16H2,1-2H3. The first kappa shape index (κ1) is 11.9. The highest BCUT2D eigenvalue weighted by molar-refractivity contribution is 5.80. The van der Waals surface area contributed by atoms with Gasteiger partial charge in [0.2, 0.25) is 0 Å². The molecule has 19 heavy (non-hydrogen) atoms. The predicted octanol–water partition coefficient (Wildman–Crippen LogP) is 2.40. The van der Waals surface area contributed by atoms with Crippen molar-refractivity contribution in [2.24, 2.45) is 12.8 Å². The van der Waals surface area contributed by atoms with Gasteiger partial charge in [-0.3, -0.25) is 0 Å². The highest BCUT2D eigenvalue weighted by Crippen LogP contribution is 2.23. The zero-order chi connectivity index (χ0) is 13.4. The van der Waals surface area contributed by atoms with E-state index in [0.717, 1.165) is 33.8 Å². The second-order valence-electron chi connectivity index (χ2n) is 4.69. The van der Waals surface area contributed by atoms with Crippen molar-refractivity contribution < 1.29 is 0 Å². The molecular weight excluding hydrogens is 236 g/mol. The first-order chi connectivity index (χ1) is 9.19. The van der Waals surface area contributed by atoms with Crippen LogP contribution in [0.5, 0.6) is 0 Å². The van der Waals surface area contributed by atoms with Crippen LogP contribution in [0.2, 0.25) is 0 Å². The van der Waals surface area contributed by atoms with Crippen LogP contribution in [0.25, 0.3) is 22.6 Å². The molecule has 0 aliphatic carbocycles. The molecule has 0 aliphatic heterocycles. The monoisotopic (exact) mass is 252 g/mol. The summed E-state index contributed by atoms with van der Waals surface area (Å²) in [6, 6.07) is 12.1. The van der Waals surface area contributed by atoms with Gasteiger partial charge >= 0.3 is 0 Å². The summed E-state index contributed by atoms with van der Waals surface area (Å²) in [7, 11) is 2.01. The zero-order valence-corrected chi connectivity index (χ0v) is 11.1. The van der Waals surface area contributed by atoms with Gasteiger partial charge in [0.1, 0.15) is 5.69 Å². The fraction of sp³-hybridized carbons (Fsp3) is 0.200. The molecule has 0 fully saturated rings.